The number of aromatic amines is 1. The summed E-state index contributed by atoms with van der Waals surface area (Å²) in [5.74, 6) is -0.235. The normalized spacial score (nSPS) is 11.0. The summed E-state index contributed by atoms with van der Waals surface area (Å²) in [6, 6.07) is 11.7. The van der Waals surface area contributed by atoms with Gasteiger partial charge in [-0.2, -0.15) is 0 Å². The summed E-state index contributed by atoms with van der Waals surface area (Å²) in [5.41, 5.74) is 1.89. The van der Waals surface area contributed by atoms with Crippen molar-refractivity contribution in [3.05, 3.63) is 58.4 Å². The van der Waals surface area contributed by atoms with E-state index < -0.39 is 10.8 Å². The van der Waals surface area contributed by atoms with E-state index in [-0.39, 0.29) is 11.5 Å². The van der Waals surface area contributed by atoms with Crippen LogP contribution >= 0.6 is 11.3 Å². The van der Waals surface area contributed by atoms with Gasteiger partial charge in [0.1, 0.15) is 0 Å². The molecule has 4 rings (SSSR count). The average Bonchev–Trinajstić information content (AvgIpc) is 3.17. The third kappa shape index (κ3) is 2.46. The van der Waals surface area contributed by atoms with E-state index in [1.54, 1.807) is 12.1 Å². The van der Waals surface area contributed by atoms with Crippen molar-refractivity contribution in [1.29, 1.82) is 0 Å². The number of nitrogens with one attached hydrogen (secondary N) is 2. The number of fused-ring (bicyclic) bond motifs is 2. The summed E-state index contributed by atoms with van der Waals surface area (Å²) in [5, 5.41) is 13.8. The highest BCUT2D eigenvalue weighted by Crippen LogP contribution is 2.29. The topological polar surface area (TPSA) is 114 Å². The maximum atomic E-state index is 12.3. The van der Waals surface area contributed by atoms with Gasteiger partial charge in [0.15, 0.2) is 11.0 Å². The van der Waals surface area contributed by atoms with E-state index in [1.165, 1.54) is 23.5 Å². The summed E-state index contributed by atoms with van der Waals surface area (Å²) in [7, 11) is 0. The van der Waals surface area contributed by atoms with E-state index in [9.17, 15) is 14.9 Å². The molecule has 0 atom stereocenters. The lowest BCUT2D eigenvalue weighted by Crippen LogP contribution is -2.13. The zero-order chi connectivity index (χ0) is 16.7. The molecule has 2 aromatic carbocycles. The molecule has 9 heteroatoms. The van der Waals surface area contributed by atoms with Crippen molar-refractivity contribution in [2.45, 2.75) is 0 Å². The lowest BCUT2D eigenvalue weighted by atomic mass is 10.3. The second kappa shape index (κ2) is 5.39. The molecule has 0 radical (unpaired) electrons. The van der Waals surface area contributed by atoms with Crippen LogP contribution in [0.4, 0.5) is 10.8 Å². The number of benzene rings is 2. The van der Waals surface area contributed by atoms with Crippen LogP contribution in [0.2, 0.25) is 0 Å². The summed E-state index contributed by atoms with van der Waals surface area (Å²) in [4.78, 5) is 34.0. The van der Waals surface area contributed by atoms with Gasteiger partial charge in [0.05, 0.1) is 26.2 Å². The summed E-state index contributed by atoms with van der Waals surface area (Å²) in [6.45, 7) is 0. The number of imidazole rings is 1. The van der Waals surface area contributed by atoms with Gasteiger partial charge in [-0.25, -0.2) is 9.97 Å². The average molecular weight is 339 g/mol. The highest BCUT2D eigenvalue weighted by molar-refractivity contribution is 7.22. The van der Waals surface area contributed by atoms with Gasteiger partial charge in [-0.15, -0.1) is 0 Å². The predicted octanol–water partition coefficient (Wildman–Crippen LogP) is 3.33. The molecule has 0 saturated heterocycles. The van der Waals surface area contributed by atoms with Crippen LogP contribution in [0.5, 0.6) is 0 Å². The zero-order valence-corrected chi connectivity index (χ0v) is 12.8. The van der Waals surface area contributed by atoms with Gasteiger partial charge in [0, 0.05) is 12.1 Å². The summed E-state index contributed by atoms with van der Waals surface area (Å²) >= 11 is 1.24. The van der Waals surface area contributed by atoms with Crippen LogP contribution in [0.1, 0.15) is 10.6 Å². The van der Waals surface area contributed by atoms with Crippen molar-refractivity contribution in [1.82, 2.24) is 15.0 Å². The number of anilines is 1. The number of nitro groups is 1. The van der Waals surface area contributed by atoms with E-state index in [4.69, 9.17) is 0 Å². The first-order chi connectivity index (χ1) is 11.6. The first-order valence-electron chi connectivity index (χ1n) is 6.91. The second-order valence-electron chi connectivity index (χ2n) is 4.98. The Labute approximate surface area is 138 Å². The molecular weight excluding hydrogens is 330 g/mol. The van der Waals surface area contributed by atoms with Crippen LogP contribution in [-0.2, 0) is 0 Å². The molecule has 8 nitrogen and oxygen atoms in total. The molecule has 0 aliphatic heterocycles. The van der Waals surface area contributed by atoms with Gasteiger partial charge in [0.25, 0.3) is 11.6 Å². The smallest absolute Gasteiger partial charge is 0.293 e. The van der Waals surface area contributed by atoms with E-state index in [2.05, 4.69) is 20.3 Å². The van der Waals surface area contributed by atoms with Crippen molar-refractivity contribution in [3.63, 3.8) is 0 Å². The second-order valence-corrected chi connectivity index (χ2v) is 6.02. The fourth-order valence-corrected chi connectivity index (χ4v) is 3.14. The van der Waals surface area contributed by atoms with Gasteiger partial charge in [-0.05, 0) is 18.2 Å². The molecule has 4 aromatic rings. The molecular formula is C15H9N5O3S. The monoisotopic (exact) mass is 339 g/mol. The largest absolute Gasteiger partial charge is 0.334 e. The number of thiazole rings is 1. The van der Waals surface area contributed by atoms with Gasteiger partial charge in [0.2, 0.25) is 0 Å². The maximum absolute atomic E-state index is 12.3. The number of H-pyrrole nitrogens is 1. The molecule has 0 saturated carbocycles. The van der Waals surface area contributed by atoms with Crippen LogP contribution in [0.15, 0.2) is 42.5 Å². The van der Waals surface area contributed by atoms with Crippen LogP contribution in [-0.4, -0.2) is 25.8 Å². The van der Waals surface area contributed by atoms with Crippen molar-refractivity contribution < 1.29 is 9.72 Å². The van der Waals surface area contributed by atoms with Crippen molar-refractivity contribution in [2.24, 2.45) is 0 Å². The van der Waals surface area contributed by atoms with Gasteiger partial charge in [-0.3, -0.25) is 20.2 Å². The van der Waals surface area contributed by atoms with E-state index >= 15 is 0 Å². The molecule has 0 fully saturated rings. The van der Waals surface area contributed by atoms with Crippen molar-refractivity contribution in [3.8, 4) is 0 Å². The van der Waals surface area contributed by atoms with Crippen molar-refractivity contribution in [2.75, 3.05) is 5.32 Å². The maximum Gasteiger partial charge on any atom is 0.293 e. The minimum absolute atomic E-state index is 0.0389. The van der Waals surface area contributed by atoms with Gasteiger partial charge in [-0.1, -0.05) is 23.5 Å². The molecule has 0 unspecified atom stereocenters. The summed E-state index contributed by atoms with van der Waals surface area (Å²) in [6.07, 6.45) is 0. The molecule has 2 heterocycles. The molecule has 0 bridgehead atoms. The predicted molar refractivity (Wildman–Crippen MR) is 90.3 cm³/mol. The molecule has 2 aromatic heterocycles. The Morgan fingerprint density at radius 2 is 2.00 bits per heavy atom. The van der Waals surface area contributed by atoms with E-state index in [1.807, 2.05) is 18.2 Å². The van der Waals surface area contributed by atoms with Gasteiger partial charge < -0.3 is 4.98 Å². The standard InChI is InChI=1S/C15H9N5O3S/c21-14(13-16-9-3-1-2-4-10(9)17-13)19-15-18-11-7-8(20(22)23)5-6-12(11)24-15/h1-7H,(H,16,17)(H,18,19,21). The molecule has 2 N–H and O–H groups in total. The number of nitro benzene ring substituents is 1. The highest BCUT2D eigenvalue weighted by atomic mass is 32.1. The third-order valence-corrected chi connectivity index (χ3v) is 4.36. The third-order valence-electron chi connectivity index (χ3n) is 3.41. The SMILES string of the molecule is O=C(Nc1nc2cc([N+](=O)[O-])ccc2s1)c1nc2ccccc2[nH]1. The van der Waals surface area contributed by atoms with E-state index in [0.717, 1.165) is 10.2 Å². The number of hydrogen-bond acceptors (Lipinski definition) is 6. The molecule has 1 amide bonds. The molecule has 24 heavy (non-hydrogen) atoms. The molecule has 0 aliphatic rings. The molecule has 0 aliphatic carbocycles. The van der Waals surface area contributed by atoms with Crippen molar-refractivity contribution >= 4 is 49.3 Å². The number of rotatable bonds is 3. The minimum atomic E-state index is -0.481. The van der Waals surface area contributed by atoms with Crippen LogP contribution in [0.3, 0.4) is 0 Å². The van der Waals surface area contributed by atoms with E-state index in [0.29, 0.717) is 16.2 Å². The number of carbonyl (C=O) groups is 1. The lowest BCUT2D eigenvalue weighted by molar-refractivity contribution is -0.384. The van der Waals surface area contributed by atoms with Gasteiger partial charge >= 0.3 is 0 Å². The highest BCUT2D eigenvalue weighted by Gasteiger charge is 2.15. The Kier molecular flexibility index (Phi) is 3.21. The van der Waals surface area contributed by atoms with Crippen LogP contribution in [0.25, 0.3) is 21.3 Å². The quantitative estimate of drug-likeness (QED) is 0.439. The molecule has 0 spiro atoms. The number of hydrogen-bond donors (Lipinski definition) is 2. The van der Waals surface area contributed by atoms with Crippen LogP contribution in [0, 0.1) is 10.1 Å². The Hall–Kier alpha value is -3.33. The van der Waals surface area contributed by atoms with Crippen LogP contribution < -0.4 is 5.32 Å². The number of aromatic nitrogens is 3. The Morgan fingerprint density at radius 1 is 1.17 bits per heavy atom. The number of non-ortho nitro benzene ring substituents is 1. The zero-order valence-electron chi connectivity index (χ0n) is 12.0. The number of carbonyl (C=O) groups excluding carboxylic acids is 1. The number of para-hydroxylation sites is 2. The fourth-order valence-electron chi connectivity index (χ4n) is 2.30. The Balaban J connectivity index is 1.63. The fraction of sp³-hybridized carbons (Fsp3) is 0. The minimum Gasteiger partial charge on any atom is -0.334 e. The first kappa shape index (κ1) is 14.3. The lowest BCUT2D eigenvalue weighted by Gasteiger charge is -1.96. The molecule has 118 valence electrons. The number of nitrogens with zero attached hydrogens (tertiary/aromatic N) is 3. The Morgan fingerprint density at radius 3 is 2.79 bits per heavy atom. The Bertz CT molecular complexity index is 1070. The summed E-state index contributed by atoms with van der Waals surface area (Å²) < 4.78 is 0.750. The number of amides is 1. The first-order valence-corrected chi connectivity index (χ1v) is 7.73.